The average molecular weight is 382 g/mol. The van der Waals surface area contributed by atoms with Crippen LogP contribution in [0.5, 0.6) is 0 Å². The Balaban J connectivity index is 0. The van der Waals surface area contributed by atoms with Gasteiger partial charge in [-0.3, -0.25) is 0 Å². The van der Waals surface area contributed by atoms with Gasteiger partial charge in [0.15, 0.2) is 0 Å². The third-order valence-electron chi connectivity index (χ3n) is 1.39. The molecule has 0 heterocycles. The number of rotatable bonds is 2. The molecule has 86 valence electrons. The van der Waals surface area contributed by atoms with Crippen LogP contribution in [0, 0.1) is 0 Å². The molecule has 0 spiro atoms. The number of hydrogen-bond donors (Lipinski definition) is 2. The molecule has 0 aromatic heterocycles. The Morgan fingerprint density at radius 2 is 1.65 bits per heavy atom. The Morgan fingerprint density at radius 1 is 1.12 bits per heavy atom. The van der Waals surface area contributed by atoms with Crippen molar-refractivity contribution in [2.24, 2.45) is 4.40 Å². The summed E-state index contributed by atoms with van der Waals surface area (Å²) in [5, 5.41) is 0.421. The Morgan fingerprint density at radius 3 is 2.06 bits per heavy atom. The molecule has 1 rings (SSSR count). The molecule has 0 aliphatic rings. The molecule has 0 unspecified atom stereocenters. The fourth-order valence-corrected chi connectivity index (χ4v) is 2.63. The van der Waals surface area contributed by atoms with Gasteiger partial charge in [0.25, 0.3) is 10.0 Å². The molecule has 17 heavy (non-hydrogen) atoms. The summed E-state index contributed by atoms with van der Waals surface area (Å²) >= 11 is 18.6. The summed E-state index contributed by atoms with van der Waals surface area (Å²) in [6, 6.07) is 3.90. The van der Waals surface area contributed by atoms with Gasteiger partial charge in [-0.2, -0.15) is 8.42 Å². The van der Waals surface area contributed by atoms with Crippen LogP contribution < -0.4 is 0 Å². The SMILES string of the molecule is O=S(=O)(N=C(S)S)c1ccc(Cl)c(Cl)c1.[KH].[KH]. The molecular formula is C7H7Cl2K2NO2S3. The molecule has 0 atom stereocenters. The van der Waals surface area contributed by atoms with E-state index in [1.807, 2.05) is 0 Å². The van der Waals surface area contributed by atoms with Crippen LogP contribution in [-0.2, 0) is 10.0 Å². The number of halogens is 2. The molecule has 10 heteroatoms. The Bertz CT molecular complexity index is 518. The summed E-state index contributed by atoms with van der Waals surface area (Å²) in [6.07, 6.45) is 0. The van der Waals surface area contributed by atoms with Gasteiger partial charge in [-0.05, 0) is 18.2 Å². The van der Waals surface area contributed by atoms with Crippen LogP contribution in [0.3, 0.4) is 0 Å². The van der Waals surface area contributed by atoms with E-state index < -0.39 is 10.0 Å². The molecule has 0 aliphatic carbocycles. The zero-order valence-electron chi connectivity index (χ0n) is 7.05. The van der Waals surface area contributed by atoms with Crippen molar-refractivity contribution in [3.05, 3.63) is 28.2 Å². The van der Waals surface area contributed by atoms with Crippen molar-refractivity contribution >= 4 is 166 Å². The molecule has 0 saturated heterocycles. The number of thiol groups is 2. The van der Waals surface area contributed by atoms with Gasteiger partial charge in [0, 0.05) is 0 Å². The number of nitrogens with zero attached hydrogens (tertiary/aromatic N) is 1. The van der Waals surface area contributed by atoms with Crippen molar-refractivity contribution in [1.82, 2.24) is 0 Å². The third-order valence-corrected chi connectivity index (χ3v) is 3.87. The Kier molecular flexibility index (Phi) is 13.6. The van der Waals surface area contributed by atoms with Crippen molar-refractivity contribution in [2.45, 2.75) is 4.90 Å². The second-order valence-electron chi connectivity index (χ2n) is 2.44. The van der Waals surface area contributed by atoms with Crippen molar-refractivity contribution in [3.8, 4) is 0 Å². The molecule has 0 saturated carbocycles. The van der Waals surface area contributed by atoms with Crippen LogP contribution in [0.4, 0.5) is 0 Å². The predicted octanol–water partition coefficient (Wildman–Crippen LogP) is 1.60. The maximum atomic E-state index is 11.5. The van der Waals surface area contributed by atoms with Gasteiger partial charge in [0.05, 0.1) is 14.9 Å². The predicted molar refractivity (Wildman–Crippen MR) is 83.4 cm³/mol. The van der Waals surface area contributed by atoms with Crippen LogP contribution >= 0.6 is 48.5 Å². The second kappa shape index (κ2) is 10.2. The molecule has 3 nitrogen and oxygen atoms in total. The van der Waals surface area contributed by atoms with E-state index in [1.165, 1.54) is 18.2 Å². The molecule has 0 aliphatic heterocycles. The molecule has 0 fully saturated rings. The molecule has 0 bridgehead atoms. The summed E-state index contributed by atoms with van der Waals surface area (Å²) in [7, 11) is -3.81. The van der Waals surface area contributed by atoms with Gasteiger partial charge >= 0.3 is 103 Å². The van der Waals surface area contributed by atoms with Gasteiger partial charge in [0.2, 0.25) is 0 Å². The summed E-state index contributed by atoms with van der Waals surface area (Å²) in [5.41, 5.74) is 0. The van der Waals surface area contributed by atoms with Gasteiger partial charge < -0.3 is 0 Å². The van der Waals surface area contributed by atoms with Crippen LogP contribution in [0.1, 0.15) is 0 Å². The van der Waals surface area contributed by atoms with Crippen molar-refractivity contribution in [1.29, 1.82) is 0 Å². The molecule has 0 radical (unpaired) electrons. The summed E-state index contributed by atoms with van der Waals surface area (Å²) in [4.78, 5) is -0.0579. The summed E-state index contributed by atoms with van der Waals surface area (Å²) in [6.45, 7) is 0. The summed E-state index contributed by atoms with van der Waals surface area (Å²) < 4.78 is 26.2. The van der Waals surface area contributed by atoms with Crippen LogP contribution in [-0.4, -0.2) is 116 Å². The minimum atomic E-state index is -3.81. The van der Waals surface area contributed by atoms with Crippen molar-refractivity contribution in [3.63, 3.8) is 0 Å². The first kappa shape index (κ1) is 22.7. The number of sulfonamides is 1. The van der Waals surface area contributed by atoms with E-state index in [0.29, 0.717) is 0 Å². The zero-order chi connectivity index (χ0) is 11.6. The van der Waals surface area contributed by atoms with Gasteiger partial charge in [-0.15, -0.1) is 29.7 Å². The van der Waals surface area contributed by atoms with E-state index in [1.54, 1.807) is 0 Å². The monoisotopic (exact) mass is 381 g/mol. The van der Waals surface area contributed by atoms with Crippen molar-refractivity contribution < 1.29 is 8.42 Å². The van der Waals surface area contributed by atoms with Crippen LogP contribution in [0.25, 0.3) is 0 Å². The fraction of sp³-hybridized carbons (Fsp3) is 0. The first-order valence-electron chi connectivity index (χ1n) is 3.51. The zero-order valence-corrected chi connectivity index (χ0v) is 11.2. The van der Waals surface area contributed by atoms with E-state index in [2.05, 4.69) is 29.7 Å². The topological polar surface area (TPSA) is 46.5 Å². The first-order valence-corrected chi connectivity index (χ1v) is 6.60. The number of hydrogen-bond acceptors (Lipinski definition) is 2. The van der Waals surface area contributed by atoms with Crippen LogP contribution in [0.15, 0.2) is 27.5 Å². The maximum absolute atomic E-state index is 11.5. The molecular weight excluding hydrogens is 375 g/mol. The molecule has 0 N–H and O–H groups in total. The van der Waals surface area contributed by atoms with E-state index in [9.17, 15) is 8.42 Å². The normalized spacial score (nSPS) is 9.88. The van der Waals surface area contributed by atoms with Crippen molar-refractivity contribution in [2.75, 3.05) is 0 Å². The van der Waals surface area contributed by atoms with Gasteiger partial charge in [0.1, 0.15) is 4.38 Å². The molecule has 0 amide bonds. The third kappa shape index (κ3) is 7.82. The number of benzene rings is 1. The fourth-order valence-electron chi connectivity index (χ4n) is 0.798. The quantitative estimate of drug-likeness (QED) is 0.353. The molecule has 1 aromatic rings. The average Bonchev–Trinajstić information content (AvgIpc) is 2.07. The van der Waals surface area contributed by atoms with Crippen LogP contribution in [0.2, 0.25) is 10.0 Å². The van der Waals surface area contributed by atoms with E-state index in [0.717, 1.165) is 0 Å². The second-order valence-corrected chi connectivity index (χ2v) is 6.06. The summed E-state index contributed by atoms with van der Waals surface area (Å²) in [5.74, 6) is 0. The van der Waals surface area contributed by atoms with E-state index in [4.69, 9.17) is 23.2 Å². The van der Waals surface area contributed by atoms with E-state index in [-0.39, 0.29) is 122 Å². The van der Waals surface area contributed by atoms with Gasteiger partial charge in [-0.25, -0.2) is 0 Å². The Labute approximate surface area is 206 Å². The Hall–Kier alpha value is 3.39. The van der Waals surface area contributed by atoms with E-state index >= 15 is 0 Å². The standard InChI is InChI=1S/C7H5Cl2NO2S3.2K.2H/c8-5-2-1-4(3-6(5)9)15(11,12)10-7(13)14;;;;/h1-3H,(H2,10,13,14);;;;. The first-order chi connectivity index (χ1) is 6.83. The van der Waals surface area contributed by atoms with Gasteiger partial charge in [-0.1, -0.05) is 23.2 Å². The minimum absolute atomic E-state index is 0. The molecule has 1 aromatic carbocycles.